The lowest BCUT2D eigenvalue weighted by atomic mass is 10.0. The summed E-state index contributed by atoms with van der Waals surface area (Å²) in [7, 11) is 2.13. The van der Waals surface area contributed by atoms with Crippen molar-refractivity contribution in [3.63, 3.8) is 0 Å². The van der Waals surface area contributed by atoms with Crippen LogP contribution < -0.4 is 5.73 Å². The maximum Gasteiger partial charge on any atom is 0.0307 e. The predicted octanol–water partition coefficient (Wildman–Crippen LogP) is 2.34. The van der Waals surface area contributed by atoms with Gasteiger partial charge in [-0.1, -0.05) is 36.8 Å². The summed E-state index contributed by atoms with van der Waals surface area (Å²) in [4.78, 5) is 2.29. The number of hydrogen-bond donors (Lipinski definition) is 1. The second-order valence-electron chi connectivity index (χ2n) is 4.20. The molecule has 15 heavy (non-hydrogen) atoms. The molecule has 0 aromatic heterocycles. The van der Waals surface area contributed by atoms with E-state index in [1.807, 2.05) is 0 Å². The van der Waals surface area contributed by atoms with Gasteiger partial charge in [-0.15, -0.1) is 0 Å². The zero-order chi connectivity index (χ0) is 11.3. The Morgan fingerprint density at radius 2 is 1.87 bits per heavy atom. The Kier molecular flexibility index (Phi) is 4.79. The summed E-state index contributed by atoms with van der Waals surface area (Å²) in [5, 5.41) is 0. The van der Waals surface area contributed by atoms with Crippen molar-refractivity contribution in [2.24, 2.45) is 5.73 Å². The first-order chi connectivity index (χ1) is 7.13. The van der Waals surface area contributed by atoms with Crippen LogP contribution in [0.4, 0.5) is 0 Å². The molecule has 1 unspecified atom stereocenters. The fraction of sp³-hybridized carbons (Fsp3) is 0.538. The first-order valence-electron chi connectivity index (χ1n) is 5.64. The number of rotatable bonds is 5. The van der Waals surface area contributed by atoms with E-state index in [1.54, 1.807) is 0 Å². The Hall–Kier alpha value is -0.860. The molecule has 0 radical (unpaired) electrons. The van der Waals surface area contributed by atoms with Crippen LogP contribution in [0.25, 0.3) is 0 Å². The van der Waals surface area contributed by atoms with Crippen LogP contribution in [0.2, 0.25) is 0 Å². The van der Waals surface area contributed by atoms with E-state index in [4.69, 9.17) is 5.73 Å². The van der Waals surface area contributed by atoms with Crippen LogP contribution >= 0.6 is 0 Å². The lowest BCUT2D eigenvalue weighted by Gasteiger charge is -2.17. The van der Waals surface area contributed by atoms with Crippen LogP contribution in [0.5, 0.6) is 0 Å². The molecule has 0 heterocycles. The molecule has 0 aliphatic rings. The van der Waals surface area contributed by atoms with Gasteiger partial charge >= 0.3 is 0 Å². The number of nitrogens with zero attached hydrogens (tertiary/aromatic N) is 1. The van der Waals surface area contributed by atoms with Crippen LogP contribution in [-0.4, -0.2) is 25.0 Å². The molecule has 1 atom stereocenters. The summed E-state index contributed by atoms with van der Waals surface area (Å²) < 4.78 is 0. The molecule has 1 rings (SSSR count). The second-order valence-corrected chi connectivity index (χ2v) is 4.20. The molecule has 0 aliphatic carbocycles. The quantitative estimate of drug-likeness (QED) is 0.801. The summed E-state index contributed by atoms with van der Waals surface area (Å²) in [6, 6.07) is 8.68. The van der Waals surface area contributed by atoms with Crippen molar-refractivity contribution in [1.29, 1.82) is 0 Å². The second kappa shape index (κ2) is 5.89. The van der Waals surface area contributed by atoms with Crippen molar-refractivity contribution in [2.75, 3.05) is 20.1 Å². The van der Waals surface area contributed by atoms with Crippen LogP contribution in [0, 0.1) is 6.92 Å². The molecule has 0 saturated heterocycles. The lowest BCUT2D eigenvalue weighted by Crippen LogP contribution is -2.23. The Morgan fingerprint density at radius 3 is 2.40 bits per heavy atom. The van der Waals surface area contributed by atoms with E-state index in [1.165, 1.54) is 11.1 Å². The van der Waals surface area contributed by atoms with Crippen LogP contribution in [-0.2, 0) is 0 Å². The van der Waals surface area contributed by atoms with E-state index < -0.39 is 0 Å². The van der Waals surface area contributed by atoms with E-state index in [9.17, 15) is 0 Å². The van der Waals surface area contributed by atoms with Gasteiger partial charge in [0.1, 0.15) is 0 Å². The molecule has 2 nitrogen and oxygen atoms in total. The van der Waals surface area contributed by atoms with Crippen molar-refractivity contribution in [2.45, 2.75) is 26.3 Å². The third-order valence-electron chi connectivity index (χ3n) is 2.87. The Labute approximate surface area is 93.1 Å². The molecule has 84 valence electrons. The van der Waals surface area contributed by atoms with Crippen molar-refractivity contribution in [3.8, 4) is 0 Å². The Bertz CT molecular complexity index is 279. The van der Waals surface area contributed by atoms with Gasteiger partial charge < -0.3 is 10.6 Å². The summed E-state index contributed by atoms with van der Waals surface area (Å²) in [5.41, 5.74) is 8.65. The number of benzene rings is 1. The fourth-order valence-corrected chi connectivity index (χ4v) is 1.50. The van der Waals surface area contributed by atoms with Crippen LogP contribution in [0.1, 0.15) is 30.5 Å². The van der Waals surface area contributed by atoms with Crippen molar-refractivity contribution in [3.05, 3.63) is 35.4 Å². The van der Waals surface area contributed by atoms with Crippen LogP contribution in [0.3, 0.4) is 0 Å². The summed E-state index contributed by atoms with van der Waals surface area (Å²) >= 11 is 0. The Morgan fingerprint density at radius 1 is 1.27 bits per heavy atom. The standard InChI is InChI=1S/C13H22N2/c1-4-15(3)10-9-13(14)12-7-5-11(2)6-8-12/h5-8,13H,4,9-10,14H2,1-3H3. The Balaban J connectivity index is 2.46. The first kappa shape index (κ1) is 12.2. The molecule has 0 fully saturated rings. The van der Waals surface area contributed by atoms with Gasteiger partial charge in [-0.2, -0.15) is 0 Å². The monoisotopic (exact) mass is 206 g/mol. The van der Waals surface area contributed by atoms with Gasteiger partial charge in [-0.25, -0.2) is 0 Å². The molecule has 0 aliphatic heterocycles. The minimum absolute atomic E-state index is 0.166. The third-order valence-corrected chi connectivity index (χ3v) is 2.87. The van der Waals surface area contributed by atoms with Crippen molar-refractivity contribution < 1.29 is 0 Å². The van der Waals surface area contributed by atoms with Gasteiger partial charge in [-0.05, 0) is 39.0 Å². The fourth-order valence-electron chi connectivity index (χ4n) is 1.50. The smallest absolute Gasteiger partial charge is 0.0307 e. The highest BCUT2D eigenvalue weighted by molar-refractivity contribution is 5.23. The molecular weight excluding hydrogens is 184 g/mol. The lowest BCUT2D eigenvalue weighted by molar-refractivity contribution is 0.335. The minimum Gasteiger partial charge on any atom is -0.324 e. The molecule has 0 bridgehead atoms. The van der Waals surface area contributed by atoms with Crippen LogP contribution in [0.15, 0.2) is 24.3 Å². The van der Waals surface area contributed by atoms with E-state index in [2.05, 4.69) is 50.1 Å². The highest BCUT2D eigenvalue weighted by Gasteiger charge is 2.06. The van der Waals surface area contributed by atoms with Gasteiger partial charge in [-0.3, -0.25) is 0 Å². The predicted molar refractivity (Wildman–Crippen MR) is 65.9 cm³/mol. The number of aryl methyl sites for hydroxylation is 1. The van der Waals surface area contributed by atoms with E-state index >= 15 is 0 Å². The van der Waals surface area contributed by atoms with E-state index in [-0.39, 0.29) is 6.04 Å². The first-order valence-corrected chi connectivity index (χ1v) is 5.64. The topological polar surface area (TPSA) is 29.3 Å². The molecule has 0 saturated carbocycles. The molecule has 0 amide bonds. The van der Waals surface area contributed by atoms with Gasteiger partial charge in [0.25, 0.3) is 0 Å². The van der Waals surface area contributed by atoms with Crippen molar-refractivity contribution in [1.82, 2.24) is 4.90 Å². The SMILES string of the molecule is CCN(C)CCC(N)c1ccc(C)cc1. The molecule has 1 aromatic carbocycles. The van der Waals surface area contributed by atoms with E-state index in [0.717, 1.165) is 19.5 Å². The zero-order valence-corrected chi connectivity index (χ0v) is 10.0. The normalized spacial score (nSPS) is 13.1. The molecular formula is C13H22N2. The summed E-state index contributed by atoms with van der Waals surface area (Å²) in [5.74, 6) is 0. The van der Waals surface area contributed by atoms with Gasteiger partial charge in [0.05, 0.1) is 0 Å². The largest absolute Gasteiger partial charge is 0.324 e. The average molecular weight is 206 g/mol. The zero-order valence-electron chi connectivity index (χ0n) is 10.0. The van der Waals surface area contributed by atoms with Gasteiger partial charge in [0, 0.05) is 6.04 Å². The number of nitrogens with two attached hydrogens (primary N) is 1. The highest BCUT2D eigenvalue weighted by Crippen LogP contribution is 2.14. The summed E-state index contributed by atoms with van der Waals surface area (Å²) in [6.45, 7) is 6.41. The maximum absolute atomic E-state index is 6.12. The maximum atomic E-state index is 6.12. The molecule has 1 aromatic rings. The summed E-state index contributed by atoms with van der Waals surface area (Å²) in [6.07, 6.45) is 1.02. The van der Waals surface area contributed by atoms with Crippen molar-refractivity contribution >= 4 is 0 Å². The highest BCUT2D eigenvalue weighted by atomic mass is 15.1. The van der Waals surface area contributed by atoms with E-state index in [0.29, 0.717) is 0 Å². The van der Waals surface area contributed by atoms with Gasteiger partial charge in [0.2, 0.25) is 0 Å². The molecule has 2 N–H and O–H groups in total. The third kappa shape index (κ3) is 4.02. The number of hydrogen-bond acceptors (Lipinski definition) is 2. The molecule has 0 spiro atoms. The minimum atomic E-state index is 0.166. The molecule has 2 heteroatoms. The van der Waals surface area contributed by atoms with Gasteiger partial charge in [0.15, 0.2) is 0 Å². The average Bonchev–Trinajstić information content (AvgIpc) is 2.26.